The topological polar surface area (TPSA) is 29.1 Å². The van der Waals surface area contributed by atoms with E-state index in [1.165, 1.54) is 15.9 Å². The summed E-state index contributed by atoms with van der Waals surface area (Å²) in [6, 6.07) is 29.2. The van der Waals surface area contributed by atoms with E-state index < -0.39 is 7.92 Å². The van der Waals surface area contributed by atoms with Crippen LogP contribution in [-0.4, -0.2) is 12.5 Å². The smallest absolute Gasteiger partial charge is 0.251 e. The van der Waals surface area contributed by atoms with E-state index in [1.54, 1.807) is 0 Å². The van der Waals surface area contributed by atoms with Gasteiger partial charge >= 0.3 is 0 Å². The molecule has 3 aromatic rings. The van der Waals surface area contributed by atoms with Crippen molar-refractivity contribution >= 4 is 29.7 Å². The van der Waals surface area contributed by atoms with E-state index >= 15 is 0 Å². The van der Waals surface area contributed by atoms with E-state index in [9.17, 15) is 4.79 Å². The Morgan fingerprint density at radius 1 is 0.741 bits per heavy atom. The molecule has 3 rings (SSSR count). The standard InChI is InChI=1S/C22H22NOP.C2H6/c1-2-17-23-22(24)18-13-15-21(16-14-18)25(19-9-5-3-6-10-19)20-11-7-4-8-12-20;1-2/h3-16H,2,17H2,1H3,(H,23,24);1-2H3. The van der Waals surface area contributed by atoms with Gasteiger partial charge in [0.15, 0.2) is 0 Å². The summed E-state index contributed by atoms with van der Waals surface area (Å²) in [4.78, 5) is 12.1. The summed E-state index contributed by atoms with van der Waals surface area (Å²) in [5.74, 6) is -0.00264. The lowest BCUT2D eigenvalue weighted by molar-refractivity contribution is 0.0953. The minimum absolute atomic E-state index is 0.00264. The van der Waals surface area contributed by atoms with E-state index in [0.717, 1.165) is 6.42 Å². The van der Waals surface area contributed by atoms with Gasteiger partial charge in [-0.3, -0.25) is 4.79 Å². The van der Waals surface area contributed by atoms with Crippen LogP contribution in [-0.2, 0) is 0 Å². The lowest BCUT2D eigenvalue weighted by Gasteiger charge is -2.19. The number of carbonyl (C=O) groups excluding carboxylic acids is 1. The molecule has 0 fully saturated rings. The number of benzene rings is 3. The van der Waals surface area contributed by atoms with Crippen LogP contribution in [0.1, 0.15) is 37.6 Å². The van der Waals surface area contributed by atoms with Gasteiger partial charge < -0.3 is 5.32 Å². The lowest BCUT2D eigenvalue weighted by atomic mass is 10.2. The molecule has 0 saturated carbocycles. The van der Waals surface area contributed by atoms with Gasteiger partial charge in [0, 0.05) is 12.1 Å². The van der Waals surface area contributed by atoms with Crippen molar-refractivity contribution in [3.05, 3.63) is 90.5 Å². The molecule has 0 aliphatic heterocycles. The largest absolute Gasteiger partial charge is 0.352 e. The van der Waals surface area contributed by atoms with Crippen LogP contribution in [0.25, 0.3) is 0 Å². The molecule has 0 aliphatic rings. The predicted molar refractivity (Wildman–Crippen MR) is 119 cm³/mol. The van der Waals surface area contributed by atoms with E-state index in [0.29, 0.717) is 12.1 Å². The second kappa shape index (κ2) is 11.3. The summed E-state index contributed by atoms with van der Waals surface area (Å²) < 4.78 is 0. The van der Waals surface area contributed by atoms with E-state index in [4.69, 9.17) is 0 Å². The van der Waals surface area contributed by atoms with Crippen LogP contribution in [0.2, 0.25) is 0 Å². The molecule has 0 aromatic heterocycles. The number of carbonyl (C=O) groups is 1. The van der Waals surface area contributed by atoms with Crippen LogP contribution < -0.4 is 21.2 Å². The monoisotopic (exact) mass is 377 g/mol. The molecular weight excluding hydrogens is 349 g/mol. The summed E-state index contributed by atoms with van der Waals surface area (Å²) in [5.41, 5.74) is 0.716. The fourth-order valence-electron chi connectivity index (χ4n) is 2.70. The number of nitrogens with one attached hydrogen (secondary N) is 1. The molecule has 0 aliphatic carbocycles. The van der Waals surface area contributed by atoms with E-state index in [1.807, 2.05) is 38.1 Å². The summed E-state index contributed by atoms with van der Waals surface area (Å²) in [6.45, 7) is 6.76. The van der Waals surface area contributed by atoms with Crippen molar-refractivity contribution in [3.63, 3.8) is 0 Å². The van der Waals surface area contributed by atoms with Crippen LogP contribution >= 0.6 is 7.92 Å². The van der Waals surface area contributed by atoms with Crippen molar-refractivity contribution in [1.82, 2.24) is 5.32 Å². The molecule has 140 valence electrons. The molecule has 3 heteroatoms. The van der Waals surface area contributed by atoms with Crippen molar-refractivity contribution in [1.29, 1.82) is 0 Å². The van der Waals surface area contributed by atoms with Gasteiger partial charge in [0.2, 0.25) is 0 Å². The second-order valence-corrected chi connectivity index (χ2v) is 8.03. The highest BCUT2D eigenvalue weighted by Gasteiger charge is 2.16. The Kier molecular flexibility index (Phi) is 8.74. The maximum absolute atomic E-state index is 12.1. The molecule has 0 atom stereocenters. The maximum Gasteiger partial charge on any atom is 0.251 e. The Morgan fingerprint density at radius 2 is 1.19 bits per heavy atom. The molecule has 1 N–H and O–H groups in total. The highest BCUT2D eigenvalue weighted by atomic mass is 31.1. The average molecular weight is 377 g/mol. The Balaban J connectivity index is 0.00000126. The molecule has 27 heavy (non-hydrogen) atoms. The Labute approximate surface area is 164 Å². The zero-order chi connectivity index (χ0) is 19.5. The van der Waals surface area contributed by atoms with Crippen LogP contribution in [0.3, 0.4) is 0 Å². The van der Waals surface area contributed by atoms with Crippen molar-refractivity contribution in [3.8, 4) is 0 Å². The zero-order valence-corrected chi connectivity index (χ0v) is 17.2. The first-order valence-electron chi connectivity index (χ1n) is 9.58. The number of hydrogen-bond acceptors (Lipinski definition) is 1. The minimum Gasteiger partial charge on any atom is -0.352 e. The van der Waals surface area contributed by atoms with Gasteiger partial charge in [-0.15, -0.1) is 0 Å². The molecular formula is C24H28NOP. The van der Waals surface area contributed by atoms with Crippen LogP contribution in [0.5, 0.6) is 0 Å². The quantitative estimate of drug-likeness (QED) is 0.625. The SMILES string of the molecule is CC.CCCNC(=O)c1ccc(P(c2ccccc2)c2ccccc2)cc1. The van der Waals surface area contributed by atoms with Crippen molar-refractivity contribution in [2.45, 2.75) is 27.2 Å². The number of rotatable bonds is 6. The van der Waals surface area contributed by atoms with Crippen molar-refractivity contribution < 1.29 is 4.79 Å². The first-order valence-corrected chi connectivity index (χ1v) is 10.9. The van der Waals surface area contributed by atoms with Crippen molar-refractivity contribution in [2.24, 2.45) is 0 Å². The Hall–Kier alpha value is -2.44. The second-order valence-electron chi connectivity index (χ2n) is 5.81. The first-order chi connectivity index (χ1) is 13.3. The van der Waals surface area contributed by atoms with Crippen LogP contribution in [0.4, 0.5) is 0 Å². The first kappa shape index (κ1) is 20.9. The third-order valence-corrected chi connectivity index (χ3v) is 6.40. The fraction of sp³-hybridized carbons (Fsp3) is 0.208. The molecule has 0 spiro atoms. The lowest BCUT2D eigenvalue weighted by Crippen LogP contribution is -2.25. The summed E-state index contributed by atoms with van der Waals surface area (Å²) in [6.07, 6.45) is 0.942. The molecule has 0 bridgehead atoms. The van der Waals surface area contributed by atoms with E-state index in [2.05, 4.69) is 72.9 Å². The molecule has 0 unspecified atom stereocenters. The molecule has 0 heterocycles. The van der Waals surface area contributed by atoms with Gasteiger partial charge in [0.05, 0.1) is 0 Å². The van der Waals surface area contributed by atoms with Crippen LogP contribution in [0, 0.1) is 0 Å². The van der Waals surface area contributed by atoms with E-state index in [-0.39, 0.29) is 5.91 Å². The minimum atomic E-state index is -0.620. The fourth-order valence-corrected chi connectivity index (χ4v) is 4.99. The molecule has 1 amide bonds. The van der Waals surface area contributed by atoms with Gasteiger partial charge in [-0.1, -0.05) is 93.6 Å². The van der Waals surface area contributed by atoms with Gasteiger partial charge in [-0.25, -0.2) is 0 Å². The summed E-state index contributed by atoms with van der Waals surface area (Å²) in [5, 5.41) is 6.80. The summed E-state index contributed by atoms with van der Waals surface area (Å²) in [7, 11) is -0.620. The highest BCUT2D eigenvalue weighted by molar-refractivity contribution is 7.79. The van der Waals surface area contributed by atoms with Gasteiger partial charge in [0.25, 0.3) is 5.91 Å². The normalized spacial score (nSPS) is 10.1. The molecule has 2 nitrogen and oxygen atoms in total. The van der Waals surface area contributed by atoms with Gasteiger partial charge in [-0.05, 0) is 42.4 Å². The Morgan fingerprint density at radius 3 is 1.63 bits per heavy atom. The van der Waals surface area contributed by atoms with Gasteiger partial charge in [-0.2, -0.15) is 0 Å². The zero-order valence-electron chi connectivity index (χ0n) is 16.4. The number of amides is 1. The molecule has 3 aromatic carbocycles. The average Bonchev–Trinajstić information content (AvgIpc) is 2.76. The maximum atomic E-state index is 12.1. The van der Waals surface area contributed by atoms with Crippen LogP contribution in [0.15, 0.2) is 84.9 Å². The van der Waals surface area contributed by atoms with Crippen molar-refractivity contribution in [2.75, 3.05) is 6.54 Å². The highest BCUT2D eigenvalue weighted by Crippen LogP contribution is 2.32. The third kappa shape index (κ3) is 5.77. The molecule has 0 saturated heterocycles. The predicted octanol–water partition coefficient (Wildman–Crippen LogP) is 4.61. The third-order valence-electron chi connectivity index (χ3n) is 3.95. The molecule has 0 radical (unpaired) electrons. The summed E-state index contributed by atoms with van der Waals surface area (Å²) >= 11 is 0. The Bertz CT molecular complexity index is 761. The van der Waals surface area contributed by atoms with Gasteiger partial charge in [0.1, 0.15) is 0 Å². The number of hydrogen-bond donors (Lipinski definition) is 1.